The second-order valence-corrected chi connectivity index (χ2v) is 5.40. The number of rotatable bonds is 7. The number of hydrogen-bond donors (Lipinski definition) is 0. The summed E-state index contributed by atoms with van der Waals surface area (Å²) in [6.45, 7) is 2.12. The summed E-state index contributed by atoms with van der Waals surface area (Å²) in [5.74, 6) is 2.82. The summed E-state index contributed by atoms with van der Waals surface area (Å²) >= 11 is 0. The number of hydrogen-bond acceptors (Lipinski definition) is 2. The molecule has 0 amide bonds. The molecule has 2 aromatic carbocycles. The molecule has 0 saturated heterocycles. The summed E-state index contributed by atoms with van der Waals surface area (Å²) in [5, 5.41) is 0. The Morgan fingerprint density at radius 2 is 1.57 bits per heavy atom. The normalized spacial score (nSPS) is 11.4. The maximum atomic E-state index is 11.6. The van der Waals surface area contributed by atoms with Crippen LogP contribution in [0.15, 0.2) is 60.7 Å². The number of benzene rings is 2. The maximum absolute atomic E-state index is 11.6. The lowest BCUT2D eigenvalue weighted by Gasteiger charge is -2.22. The third-order valence-electron chi connectivity index (χ3n) is 3.70. The second-order valence-electron chi connectivity index (χ2n) is 5.40. The van der Waals surface area contributed by atoms with Crippen LogP contribution in [0.2, 0.25) is 0 Å². The molecule has 23 heavy (non-hydrogen) atoms. The lowest BCUT2D eigenvalue weighted by molar-refractivity contribution is -0.115. The molecular weight excluding hydrogens is 284 g/mol. The Labute approximate surface area is 138 Å². The minimum absolute atomic E-state index is 0.157. The van der Waals surface area contributed by atoms with Gasteiger partial charge in [-0.1, -0.05) is 79.9 Å². The number of unbranched alkanes of at least 4 members (excludes halogenated alkanes) is 2. The lowest BCUT2D eigenvalue weighted by atomic mass is 9.87. The maximum Gasteiger partial charge on any atom is 0.176 e. The van der Waals surface area contributed by atoms with Crippen molar-refractivity contribution < 1.29 is 9.53 Å². The van der Waals surface area contributed by atoms with Gasteiger partial charge in [-0.3, -0.25) is 4.79 Å². The van der Waals surface area contributed by atoms with E-state index in [2.05, 4.69) is 19.0 Å². The predicted molar refractivity (Wildman–Crippen MR) is 93.0 cm³/mol. The van der Waals surface area contributed by atoms with Crippen LogP contribution in [-0.4, -0.2) is 12.4 Å². The first-order chi connectivity index (χ1) is 11.4. The van der Waals surface area contributed by atoms with Crippen molar-refractivity contribution in [3.8, 4) is 12.0 Å². The van der Waals surface area contributed by atoms with Crippen molar-refractivity contribution in [3.63, 3.8) is 0 Å². The molecule has 2 rings (SSSR count). The van der Waals surface area contributed by atoms with E-state index in [-0.39, 0.29) is 5.92 Å². The van der Waals surface area contributed by atoms with E-state index in [0.717, 1.165) is 36.7 Å². The molecule has 0 heterocycles. The average molecular weight is 306 g/mol. The Bertz CT molecular complexity index is 598. The van der Waals surface area contributed by atoms with E-state index < -0.39 is 6.10 Å². The molecule has 0 aromatic heterocycles. The van der Waals surface area contributed by atoms with Gasteiger partial charge in [0.15, 0.2) is 12.4 Å². The summed E-state index contributed by atoms with van der Waals surface area (Å²) < 4.78 is 5.58. The van der Waals surface area contributed by atoms with Crippen LogP contribution in [0, 0.1) is 12.0 Å². The first-order valence-corrected chi connectivity index (χ1v) is 8.05. The molecule has 0 fully saturated rings. The zero-order valence-electron chi connectivity index (χ0n) is 13.4. The molecule has 0 radical (unpaired) electrons. The first kappa shape index (κ1) is 16.8. The van der Waals surface area contributed by atoms with Gasteiger partial charge in [0.05, 0.1) is 5.92 Å². The largest absolute Gasteiger partial charge is 0.435 e. The Kier molecular flexibility index (Phi) is 6.94. The Balaban J connectivity index is 2.24. The summed E-state index contributed by atoms with van der Waals surface area (Å²) in [6, 6.07) is 19.9. The van der Waals surface area contributed by atoms with Gasteiger partial charge < -0.3 is 4.74 Å². The van der Waals surface area contributed by atoms with Gasteiger partial charge in [-0.25, -0.2) is 0 Å². The van der Waals surface area contributed by atoms with Crippen LogP contribution in [-0.2, 0) is 9.53 Å². The quantitative estimate of drug-likeness (QED) is 0.426. The van der Waals surface area contributed by atoms with E-state index in [1.54, 1.807) is 0 Å². The van der Waals surface area contributed by atoms with Gasteiger partial charge >= 0.3 is 0 Å². The smallest absolute Gasteiger partial charge is 0.176 e. The summed E-state index contributed by atoms with van der Waals surface area (Å²) in [5.41, 5.74) is 2.09. The molecule has 2 nitrogen and oxygen atoms in total. The van der Waals surface area contributed by atoms with Crippen molar-refractivity contribution in [1.82, 2.24) is 0 Å². The van der Waals surface area contributed by atoms with Crippen molar-refractivity contribution in [2.45, 2.75) is 38.2 Å². The average Bonchev–Trinajstić information content (AvgIpc) is 2.62. The molecular formula is C21H22O2. The van der Waals surface area contributed by atoms with Crippen LogP contribution in [0.3, 0.4) is 0 Å². The Morgan fingerprint density at radius 3 is 2.04 bits per heavy atom. The predicted octanol–water partition coefficient (Wildman–Crippen LogP) is 4.55. The molecule has 1 unspecified atom stereocenters. The molecule has 0 aliphatic heterocycles. The zero-order valence-corrected chi connectivity index (χ0v) is 13.4. The van der Waals surface area contributed by atoms with Gasteiger partial charge in [-0.15, -0.1) is 0 Å². The van der Waals surface area contributed by atoms with Gasteiger partial charge in [-0.05, 0) is 17.5 Å². The Morgan fingerprint density at radius 1 is 1.00 bits per heavy atom. The number of ether oxygens (including phenoxy) is 1. The van der Waals surface area contributed by atoms with Crippen molar-refractivity contribution in [2.75, 3.05) is 0 Å². The van der Waals surface area contributed by atoms with E-state index >= 15 is 0 Å². The fourth-order valence-corrected chi connectivity index (χ4v) is 2.49. The van der Waals surface area contributed by atoms with Crippen LogP contribution in [0.4, 0.5) is 0 Å². The fourth-order valence-electron chi connectivity index (χ4n) is 2.49. The Hall–Kier alpha value is -2.53. The number of aldehydes is 1. The van der Waals surface area contributed by atoms with E-state index in [1.165, 1.54) is 0 Å². The molecule has 0 N–H and O–H groups in total. The summed E-state index contributed by atoms with van der Waals surface area (Å²) in [7, 11) is 0. The highest BCUT2D eigenvalue weighted by Gasteiger charge is 2.25. The zero-order chi connectivity index (χ0) is 16.3. The number of carbonyl (C=O) groups excluding carboxylic acids is 1. The number of carbonyl (C=O) groups is 1. The second kappa shape index (κ2) is 9.48. The van der Waals surface area contributed by atoms with Crippen LogP contribution >= 0.6 is 0 Å². The summed E-state index contributed by atoms with van der Waals surface area (Å²) in [4.78, 5) is 11.6. The highest BCUT2D eigenvalue weighted by molar-refractivity contribution is 5.61. The van der Waals surface area contributed by atoms with Crippen molar-refractivity contribution in [1.29, 1.82) is 0 Å². The topological polar surface area (TPSA) is 26.3 Å². The van der Waals surface area contributed by atoms with Gasteiger partial charge in [0.2, 0.25) is 0 Å². The molecule has 0 aliphatic rings. The SMILES string of the molecule is CCCCC#COC(C=O)C(c1ccccc1)c1ccccc1. The molecule has 2 heteroatoms. The van der Waals surface area contributed by atoms with E-state index in [9.17, 15) is 4.79 Å². The van der Waals surface area contributed by atoms with Crippen LogP contribution in [0.1, 0.15) is 43.2 Å². The van der Waals surface area contributed by atoms with Gasteiger partial charge in [0, 0.05) is 6.42 Å². The monoisotopic (exact) mass is 306 g/mol. The van der Waals surface area contributed by atoms with Crippen molar-refractivity contribution >= 4 is 6.29 Å². The highest BCUT2D eigenvalue weighted by Crippen LogP contribution is 2.28. The fraction of sp³-hybridized carbons (Fsp3) is 0.286. The van der Waals surface area contributed by atoms with Crippen LogP contribution < -0.4 is 0 Å². The highest BCUT2D eigenvalue weighted by atomic mass is 16.5. The van der Waals surface area contributed by atoms with Gasteiger partial charge in [-0.2, -0.15) is 0 Å². The molecule has 0 aliphatic carbocycles. The van der Waals surface area contributed by atoms with Gasteiger partial charge in [0.1, 0.15) is 6.11 Å². The van der Waals surface area contributed by atoms with Crippen LogP contribution in [0.25, 0.3) is 0 Å². The van der Waals surface area contributed by atoms with Gasteiger partial charge in [0.25, 0.3) is 0 Å². The molecule has 0 saturated carbocycles. The molecule has 1 atom stereocenters. The van der Waals surface area contributed by atoms with Crippen molar-refractivity contribution in [2.24, 2.45) is 0 Å². The molecule has 118 valence electrons. The lowest BCUT2D eigenvalue weighted by Crippen LogP contribution is -2.23. The minimum atomic E-state index is -0.617. The van der Waals surface area contributed by atoms with E-state index in [1.807, 2.05) is 60.7 Å². The molecule has 0 spiro atoms. The third kappa shape index (κ3) is 5.00. The summed E-state index contributed by atoms with van der Waals surface area (Å²) in [6.07, 6.45) is 5.88. The van der Waals surface area contributed by atoms with E-state index in [0.29, 0.717) is 0 Å². The molecule has 2 aromatic rings. The van der Waals surface area contributed by atoms with E-state index in [4.69, 9.17) is 4.74 Å². The van der Waals surface area contributed by atoms with Crippen molar-refractivity contribution in [3.05, 3.63) is 71.8 Å². The first-order valence-electron chi connectivity index (χ1n) is 8.05. The third-order valence-corrected chi connectivity index (χ3v) is 3.70. The minimum Gasteiger partial charge on any atom is -0.435 e. The standard InChI is InChI=1S/C21H22O2/c1-2-3-4-11-16-23-20(17-22)21(18-12-7-5-8-13-18)19-14-9-6-10-15-19/h5-10,12-15,17,20-21H,2-4H2,1H3. The molecule has 0 bridgehead atoms. The van der Waals surface area contributed by atoms with Crippen LogP contribution in [0.5, 0.6) is 0 Å².